The number of nitrogens with zero attached hydrogens (tertiary/aromatic N) is 1. The third kappa shape index (κ3) is 5.00. The topological polar surface area (TPSA) is 75.7 Å². The molecule has 9 heteroatoms. The van der Waals surface area contributed by atoms with Gasteiger partial charge in [0.05, 0.1) is 23.0 Å². The van der Waals surface area contributed by atoms with E-state index in [2.05, 4.69) is 19.2 Å². The van der Waals surface area contributed by atoms with Crippen LogP contribution >= 0.6 is 23.2 Å². The Morgan fingerprint density at radius 1 is 1.22 bits per heavy atom. The van der Waals surface area contributed by atoms with Gasteiger partial charge in [-0.15, -0.1) is 0 Å². The van der Waals surface area contributed by atoms with Crippen LogP contribution in [0.5, 0.6) is 5.75 Å². The van der Waals surface area contributed by atoms with Crippen molar-refractivity contribution in [1.29, 1.82) is 0 Å². The number of halogens is 2. The first kappa shape index (κ1) is 24.7. The van der Waals surface area contributed by atoms with Crippen LogP contribution in [0.25, 0.3) is 0 Å². The molecule has 2 aromatic carbocycles. The maximum absolute atomic E-state index is 13.3. The lowest BCUT2D eigenvalue weighted by Crippen LogP contribution is -2.51. The highest BCUT2D eigenvalue weighted by Gasteiger charge is 2.40. The van der Waals surface area contributed by atoms with E-state index in [1.165, 1.54) is 19.1 Å². The molecule has 0 spiro atoms. The largest absolute Gasteiger partial charge is 0.487 e. The summed E-state index contributed by atoms with van der Waals surface area (Å²) in [5, 5.41) is 3.56. The maximum Gasteiger partial charge on any atom is 0.244 e. The van der Waals surface area contributed by atoms with Crippen molar-refractivity contribution in [3.05, 3.63) is 58.1 Å². The minimum Gasteiger partial charge on any atom is -0.487 e. The number of hydrogen-bond acceptors (Lipinski definition) is 4. The van der Waals surface area contributed by atoms with Crippen LogP contribution in [-0.4, -0.2) is 32.2 Å². The third-order valence-electron chi connectivity index (χ3n) is 6.04. The zero-order chi connectivity index (χ0) is 23.7. The maximum atomic E-state index is 13.3. The zero-order valence-corrected chi connectivity index (χ0v) is 20.9. The molecule has 1 amide bonds. The second-order valence-electron chi connectivity index (χ2n) is 8.13. The number of para-hydroxylation sites is 1. The summed E-state index contributed by atoms with van der Waals surface area (Å²) >= 11 is 12.3. The number of amides is 1. The summed E-state index contributed by atoms with van der Waals surface area (Å²) in [6.45, 7) is 5.66. The minimum absolute atomic E-state index is 0.160. The lowest BCUT2D eigenvalue weighted by molar-refractivity contribution is -0.123. The van der Waals surface area contributed by atoms with Crippen LogP contribution in [0.2, 0.25) is 10.0 Å². The van der Waals surface area contributed by atoms with Gasteiger partial charge < -0.3 is 10.1 Å². The summed E-state index contributed by atoms with van der Waals surface area (Å²) < 4.78 is 32.6. The van der Waals surface area contributed by atoms with E-state index in [0.29, 0.717) is 11.4 Å². The highest BCUT2D eigenvalue weighted by Crippen LogP contribution is 2.43. The van der Waals surface area contributed by atoms with E-state index in [1.807, 2.05) is 24.3 Å². The van der Waals surface area contributed by atoms with Gasteiger partial charge in [0.2, 0.25) is 15.9 Å². The number of hydrogen-bond donors (Lipinski definition) is 1. The number of ether oxygens (including phenoxy) is 1. The number of benzene rings is 2. The van der Waals surface area contributed by atoms with Crippen LogP contribution < -0.4 is 14.4 Å². The van der Waals surface area contributed by atoms with Gasteiger partial charge in [-0.05, 0) is 44.0 Å². The van der Waals surface area contributed by atoms with E-state index < -0.39 is 27.6 Å². The van der Waals surface area contributed by atoms with Gasteiger partial charge in [0.25, 0.3) is 0 Å². The number of rotatable bonds is 7. The molecule has 6 nitrogen and oxygen atoms in total. The first-order chi connectivity index (χ1) is 15.0. The first-order valence-electron chi connectivity index (χ1n) is 10.5. The molecular weight excluding hydrogens is 471 g/mol. The van der Waals surface area contributed by atoms with Crippen molar-refractivity contribution in [1.82, 2.24) is 5.32 Å². The van der Waals surface area contributed by atoms with Gasteiger partial charge in [-0.25, -0.2) is 8.42 Å². The summed E-state index contributed by atoms with van der Waals surface area (Å²) in [5.74, 6) is 0.299. The minimum atomic E-state index is -3.83. The number of carbonyl (C=O) groups excluding carboxylic acids is 1. The van der Waals surface area contributed by atoms with Crippen molar-refractivity contribution in [2.75, 3.05) is 10.6 Å². The summed E-state index contributed by atoms with van der Waals surface area (Å²) in [4.78, 5) is 13.3. The standard InChI is InChI=1S/C23H28Cl2N2O4S/c1-5-23(6-2)14-19(17-9-7-8-10-21(17)31-23)26-22(28)15(3)27(32(4,29)30)20-13-16(24)11-12-18(20)25/h7-13,15,19H,5-6,14H2,1-4H3,(H,26,28)/t15-,19-/m1/s1. The molecule has 0 saturated carbocycles. The molecule has 0 saturated heterocycles. The molecule has 0 fully saturated rings. The van der Waals surface area contributed by atoms with E-state index in [-0.39, 0.29) is 16.8 Å². The average Bonchev–Trinajstić information content (AvgIpc) is 2.75. The summed E-state index contributed by atoms with van der Waals surface area (Å²) in [6.07, 6.45) is 3.20. The van der Waals surface area contributed by atoms with Gasteiger partial charge in [-0.1, -0.05) is 55.2 Å². The van der Waals surface area contributed by atoms with Crippen molar-refractivity contribution < 1.29 is 17.9 Å². The fourth-order valence-corrected chi connectivity index (χ4v) is 5.76. The molecule has 1 aliphatic rings. The fourth-order valence-electron chi connectivity index (χ4n) is 4.16. The van der Waals surface area contributed by atoms with Crippen LogP contribution in [0.15, 0.2) is 42.5 Å². The molecule has 0 unspecified atom stereocenters. The smallest absolute Gasteiger partial charge is 0.244 e. The molecule has 1 N–H and O–H groups in total. The molecule has 3 rings (SSSR count). The Balaban J connectivity index is 1.95. The molecule has 2 aromatic rings. The Kier molecular flexibility index (Phi) is 7.32. The van der Waals surface area contributed by atoms with Gasteiger partial charge in [0, 0.05) is 17.0 Å². The molecule has 0 aliphatic carbocycles. The van der Waals surface area contributed by atoms with Crippen molar-refractivity contribution in [2.24, 2.45) is 0 Å². The van der Waals surface area contributed by atoms with E-state index in [1.54, 1.807) is 6.07 Å². The van der Waals surface area contributed by atoms with Gasteiger partial charge in [-0.3, -0.25) is 9.10 Å². The predicted molar refractivity (Wildman–Crippen MR) is 129 cm³/mol. The SMILES string of the molecule is CCC1(CC)C[C@@H](NC(=O)[C@@H](C)N(c2cc(Cl)ccc2Cl)S(C)(=O)=O)c2ccccc2O1. The van der Waals surface area contributed by atoms with Gasteiger partial charge in [-0.2, -0.15) is 0 Å². The molecule has 0 bridgehead atoms. The van der Waals surface area contributed by atoms with Crippen LogP contribution in [0, 0.1) is 0 Å². The van der Waals surface area contributed by atoms with Crippen LogP contribution in [0.1, 0.15) is 51.6 Å². The monoisotopic (exact) mass is 498 g/mol. The summed E-state index contributed by atoms with van der Waals surface area (Å²) in [7, 11) is -3.83. The second-order valence-corrected chi connectivity index (χ2v) is 10.8. The lowest BCUT2D eigenvalue weighted by atomic mass is 9.83. The normalized spacial score (nSPS) is 18.2. The molecular formula is C23H28Cl2N2O4S. The Bertz CT molecular complexity index is 1100. The van der Waals surface area contributed by atoms with E-state index in [4.69, 9.17) is 27.9 Å². The van der Waals surface area contributed by atoms with E-state index in [9.17, 15) is 13.2 Å². The second kappa shape index (κ2) is 9.49. The molecule has 0 radical (unpaired) electrons. The van der Waals surface area contributed by atoms with Gasteiger partial charge in [0.15, 0.2) is 0 Å². The number of carbonyl (C=O) groups is 1. The molecule has 1 heterocycles. The van der Waals surface area contributed by atoms with Crippen LogP contribution in [0.4, 0.5) is 5.69 Å². The first-order valence-corrected chi connectivity index (χ1v) is 13.1. The molecule has 174 valence electrons. The average molecular weight is 499 g/mol. The zero-order valence-electron chi connectivity index (χ0n) is 18.6. The number of anilines is 1. The Morgan fingerprint density at radius 2 is 1.88 bits per heavy atom. The highest BCUT2D eigenvalue weighted by atomic mass is 35.5. The van der Waals surface area contributed by atoms with E-state index in [0.717, 1.165) is 34.7 Å². The van der Waals surface area contributed by atoms with Gasteiger partial charge >= 0.3 is 0 Å². The number of fused-ring (bicyclic) bond motifs is 1. The van der Waals surface area contributed by atoms with Crippen LogP contribution in [0.3, 0.4) is 0 Å². The Morgan fingerprint density at radius 3 is 2.50 bits per heavy atom. The third-order valence-corrected chi connectivity index (χ3v) is 7.82. The van der Waals surface area contributed by atoms with Crippen molar-refractivity contribution >= 4 is 44.8 Å². The Hall–Kier alpha value is -1.96. The molecule has 0 aromatic heterocycles. The molecule has 32 heavy (non-hydrogen) atoms. The van der Waals surface area contributed by atoms with Crippen molar-refractivity contribution in [2.45, 2.75) is 57.7 Å². The van der Waals surface area contributed by atoms with Crippen LogP contribution in [-0.2, 0) is 14.8 Å². The quantitative estimate of drug-likeness (QED) is 0.558. The highest BCUT2D eigenvalue weighted by molar-refractivity contribution is 7.92. The van der Waals surface area contributed by atoms with Crippen molar-refractivity contribution in [3.63, 3.8) is 0 Å². The number of sulfonamides is 1. The van der Waals surface area contributed by atoms with Crippen molar-refractivity contribution in [3.8, 4) is 5.75 Å². The predicted octanol–water partition coefficient (Wildman–Crippen LogP) is 5.35. The summed E-state index contributed by atoms with van der Waals surface area (Å²) in [6, 6.07) is 10.8. The van der Waals surface area contributed by atoms with Gasteiger partial charge in [0.1, 0.15) is 17.4 Å². The fraction of sp³-hybridized carbons (Fsp3) is 0.435. The number of nitrogens with one attached hydrogen (secondary N) is 1. The molecule has 2 atom stereocenters. The Labute approximate surface area is 199 Å². The van der Waals surface area contributed by atoms with E-state index >= 15 is 0 Å². The summed E-state index contributed by atoms with van der Waals surface area (Å²) in [5.41, 5.74) is 0.632. The molecule has 1 aliphatic heterocycles. The lowest BCUT2D eigenvalue weighted by Gasteiger charge is -2.42.